The fraction of sp³-hybridized carbons (Fsp3) is 0.360. The van der Waals surface area contributed by atoms with E-state index in [-0.39, 0.29) is 24.4 Å². The normalized spacial score (nSPS) is 20.9. The van der Waals surface area contributed by atoms with E-state index in [0.717, 1.165) is 39.9 Å². The Hall–Kier alpha value is -3.68. The molecule has 3 N–H and O–H groups in total. The van der Waals surface area contributed by atoms with E-state index in [1.165, 1.54) is 0 Å². The molecule has 0 radical (unpaired) electrons. The van der Waals surface area contributed by atoms with Crippen molar-refractivity contribution in [2.24, 2.45) is 5.92 Å². The van der Waals surface area contributed by atoms with Gasteiger partial charge in [0.05, 0.1) is 17.1 Å². The number of aryl methyl sites for hydroxylation is 1. The van der Waals surface area contributed by atoms with E-state index >= 15 is 0 Å². The Morgan fingerprint density at radius 3 is 2.70 bits per heavy atom. The fourth-order valence-electron chi connectivity index (χ4n) is 4.99. The summed E-state index contributed by atoms with van der Waals surface area (Å²) in [4.78, 5) is 48.1. The quantitative estimate of drug-likeness (QED) is 0.525. The van der Waals surface area contributed by atoms with Crippen LogP contribution in [0.1, 0.15) is 49.7 Å². The lowest BCUT2D eigenvalue weighted by molar-refractivity contribution is -0.136. The van der Waals surface area contributed by atoms with Gasteiger partial charge in [0.25, 0.3) is 5.91 Å². The number of aromatic nitrogens is 2. The molecule has 1 aromatic heterocycles. The lowest BCUT2D eigenvalue weighted by atomic mass is 9.76. The topological polar surface area (TPSA) is 107 Å². The van der Waals surface area contributed by atoms with Crippen molar-refractivity contribution >= 4 is 28.9 Å². The van der Waals surface area contributed by atoms with Gasteiger partial charge in [-0.05, 0) is 48.4 Å². The summed E-state index contributed by atoms with van der Waals surface area (Å²) in [5, 5.41) is 5.86. The summed E-state index contributed by atoms with van der Waals surface area (Å²) in [5.74, 6) is -0.0676. The first-order valence-electron chi connectivity index (χ1n) is 11.4. The second-order valence-electron chi connectivity index (χ2n) is 9.17. The highest BCUT2D eigenvalue weighted by Gasteiger charge is 2.54. The fourth-order valence-corrected chi connectivity index (χ4v) is 4.99. The van der Waals surface area contributed by atoms with Gasteiger partial charge in [-0.25, -0.2) is 9.78 Å². The number of amides is 4. The lowest BCUT2D eigenvalue weighted by Gasteiger charge is -2.33. The number of para-hydroxylation sites is 2. The minimum absolute atomic E-state index is 0.0502. The maximum Gasteiger partial charge on any atom is 0.325 e. The van der Waals surface area contributed by atoms with Gasteiger partial charge in [0.1, 0.15) is 17.9 Å². The van der Waals surface area contributed by atoms with Crippen LogP contribution in [-0.2, 0) is 21.5 Å². The number of urea groups is 1. The zero-order chi connectivity index (χ0) is 23.2. The van der Waals surface area contributed by atoms with Crippen LogP contribution in [0.4, 0.5) is 4.79 Å². The Balaban J connectivity index is 1.35. The van der Waals surface area contributed by atoms with Crippen molar-refractivity contribution in [3.63, 3.8) is 0 Å². The lowest BCUT2D eigenvalue weighted by Crippen LogP contribution is -2.47. The summed E-state index contributed by atoms with van der Waals surface area (Å²) in [5.41, 5.74) is 2.52. The summed E-state index contributed by atoms with van der Waals surface area (Å²) in [6.07, 6.45) is 2.19. The van der Waals surface area contributed by atoms with Crippen LogP contribution in [-0.4, -0.2) is 39.3 Å². The molecule has 8 heteroatoms. The average Bonchev–Trinajstić information content (AvgIpc) is 3.33. The first-order chi connectivity index (χ1) is 15.9. The van der Waals surface area contributed by atoms with E-state index in [4.69, 9.17) is 0 Å². The summed E-state index contributed by atoms with van der Waals surface area (Å²) < 4.78 is 0. The number of rotatable bonds is 5. The average molecular weight is 446 g/mol. The molecule has 170 valence electrons. The van der Waals surface area contributed by atoms with Crippen LogP contribution in [0.15, 0.2) is 48.5 Å². The highest BCUT2D eigenvalue weighted by molar-refractivity contribution is 6.09. The number of nitrogens with zero attached hydrogens (tertiary/aromatic N) is 2. The number of aromatic amines is 1. The van der Waals surface area contributed by atoms with Crippen molar-refractivity contribution in [2.75, 3.05) is 6.54 Å². The van der Waals surface area contributed by atoms with Crippen molar-refractivity contribution in [1.82, 2.24) is 25.5 Å². The van der Waals surface area contributed by atoms with Crippen LogP contribution in [0.25, 0.3) is 11.0 Å². The van der Waals surface area contributed by atoms with Gasteiger partial charge in [0.15, 0.2) is 0 Å². The third-order valence-corrected chi connectivity index (χ3v) is 6.64. The van der Waals surface area contributed by atoms with Gasteiger partial charge >= 0.3 is 6.03 Å². The first kappa shape index (κ1) is 21.2. The van der Waals surface area contributed by atoms with Gasteiger partial charge < -0.3 is 15.6 Å². The van der Waals surface area contributed by atoms with Crippen molar-refractivity contribution in [3.05, 3.63) is 65.5 Å². The van der Waals surface area contributed by atoms with Gasteiger partial charge in [-0.1, -0.05) is 50.2 Å². The molecule has 3 aromatic rings. The number of nitrogens with one attached hydrogen (secondary N) is 3. The third kappa shape index (κ3) is 3.55. The summed E-state index contributed by atoms with van der Waals surface area (Å²) in [6, 6.07) is 14.5. The molecule has 2 heterocycles. The number of fused-ring (bicyclic) bond motifs is 3. The van der Waals surface area contributed by atoms with Crippen molar-refractivity contribution < 1.29 is 14.4 Å². The van der Waals surface area contributed by atoms with Gasteiger partial charge in [-0.15, -0.1) is 0 Å². The minimum Gasteiger partial charge on any atom is -0.344 e. The second kappa shape index (κ2) is 8.03. The Bertz CT molecular complexity index is 1220. The molecular formula is C25H27N5O3. The Labute approximate surface area is 191 Å². The predicted molar refractivity (Wildman–Crippen MR) is 123 cm³/mol. The molecule has 2 atom stereocenters. The molecular weight excluding hydrogens is 418 g/mol. The summed E-state index contributed by atoms with van der Waals surface area (Å²) in [7, 11) is 0. The van der Waals surface area contributed by atoms with Gasteiger partial charge in [-0.3, -0.25) is 14.5 Å². The zero-order valence-corrected chi connectivity index (χ0v) is 18.7. The van der Waals surface area contributed by atoms with Gasteiger partial charge in [0.2, 0.25) is 5.91 Å². The van der Waals surface area contributed by atoms with E-state index < -0.39 is 17.5 Å². The molecule has 4 amide bonds. The smallest absolute Gasteiger partial charge is 0.325 e. The molecule has 1 aliphatic carbocycles. The van der Waals surface area contributed by atoms with E-state index in [0.29, 0.717) is 12.2 Å². The molecule has 0 saturated carbocycles. The van der Waals surface area contributed by atoms with Crippen LogP contribution in [0, 0.1) is 5.92 Å². The molecule has 1 aliphatic heterocycles. The van der Waals surface area contributed by atoms with Crippen LogP contribution < -0.4 is 10.6 Å². The number of hydrogen-bond donors (Lipinski definition) is 3. The SMILES string of the molecule is CC(C)[C@H](NC(=O)CN1C(=O)N[C@@]2(CCCc3ccccc32)C1=O)c1nc2ccccc2[nH]1. The van der Waals surface area contributed by atoms with Crippen molar-refractivity contribution in [3.8, 4) is 0 Å². The number of H-pyrrole nitrogens is 1. The standard InChI is InChI=1S/C25H27N5O3/c1-15(2)21(22-26-18-11-5-6-12-19(18)27-22)28-20(31)14-30-23(32)25(29-24(30)33)13-7-9-16-8-3-4-10-17(16)25/h3-6,8,10-12,15,21H,7,9,13-14H2,1-2H3,(H,26,27)(H,28,31)(H,29,33)/t21-,25+/m0/s1. The molecule has 0 unspecified atom stereocenters. The van der Waals surface area contributed by atoms with Crippen LogP contribution in [0.2, 0.25) is 0 Å². The van der Waals surface area contributed by atoms with E-state index in [1.54, 1.807) is 0 Å². The molecule has 5 rings (SSSR count). The molecule has 8 nitrogen and oxygen atoms in total. The number of imidazole rings is 1. The van der Waals surface area contributed by atoms with Crippen molar-refractivity contribution in [2.45, 2.75) is 44.7 Å². The summed E-state index contributed by atoms with van der Waals surface area (Å²) >= 11 is 0. The van der Waals surface area contributed by atoms with Crippen LogP contribution in [0.3, 0.4) is 0 Å². The third-order valence-electron chi connectivity index (χ3n) is 6.64. The van der Waals surface area contributed by atoms with Gasteiger partial charge in [-0.2, -0.15) is 0 Å². The summed E-state index contributed by atoms with van der Waals surface area (Å²) in [6.45, 7) is 3.64. The monoisotopic (exact) mass is 445 g/mol. The molecule has 2 aliphatic rings. The number of carbonyl (C=O) groups excluding carboxylic acids is 3. The molecule has 0 bridgehead atoms. The highest BCUT2D eigenvalue weighted by Crippen LogP contribution is 2.39. The maximum absolute atomic E-state index is 13.4. The Morgan fingerprint density at radius 2 is 1.91 bits per heavy atom. The number of imide groups is 1. The maximum atomic E-state index is 13.4. The van der Waals surface area contributed by atoms with Crippen molar-refractivity contribution in [1.29, 1.82) is 0 Å². The Morgan fingerprint density at radius 1 is 1.15 bits per heavy atom. The predicted octanol–water partition coefficient (Wildman–Crippen LogP) is 3.16. The molecule has 1 saturated heterocycles. The number of benzene rings is 2. The van der Waals surface area contributed by atoms with Crippen LogP contribution in [0.5, 0.6) is 0 Å². The van der Waals surface area contributed by atoms with Crippen LogP contribution >= 0.6 is 0 Å². The minimum atomic E-state index is -1.08. The zero-order valence-electron chi connectivity index (χ0n) is 18.7. The highest BCUT2D eigenvalue weighted by atomic mass is 16.2. The molecule has 1 fully saturated rings. The molecule has 2 aromatic carbocycles. The Kier molecular flexibility index (Phi) is 5.15. The second-order valence-corrected chi connectivity index (χ2v) is 9.17. The largest absolute Gasteiger partial charge is 0.344 e. The number of carbonyl (C=O) groups is 3. The number of hydrogen-bond acceptors (Lipinski definition) is 4. The molecule has 1 spiro atoms. The van der Waals surface area contributed by atoms with E-state index in [1.807, 2.05) is 62.4 Å². The molecule has 33 heavy (non-hydrogen) atoms. The first-order valence-corrected chi connectivity index (χ1v) is 11.4. The van der Waals surface area contributed by atoms with E-state index in [2.05, 4.69) is 20.6 Å². The van der Waals surface area contributed by atoms with Gasteiger partial charge in [0, 0.05) is 0 Å². The van der Waals surface area contributed by atoms with E-state index in [9.17, 15) is 14.4 Å².